The van der Waals surface area contributed by atoms with Crippen LogP contribution in [0.2, 0.25) is 0 Å². The van der Waals surface area contributed by atoms with Gasteiger partial charge in [-0.3, -0.25) is 14.5 Å². The first-order valence-electron chi connectivity index (χ1n) is 8.92. The summed E-state index contributed by atoms with van der Waals surface area (Å²) in [5, 5.41) is 8.20. The molecule has 2 amide bonds. The maximum atomic E-state index is 13.1. The largest absolute Gasteiger partial charge is 0.357 e. The highest BCUT2D eigenvalue weighted by Crippen LogP contribution is 2.28. The standard InChI is InChI=1S/C18H26N6O2S/c1-18(2,3)13(16(26)19-4)22-15(25)12-11-10-23(5)7-8-24(11)14(21-12)17-20-6-9-27-17/h6,9,13H,7-8,10H2,1-5H3,(H,19,26)(H,22,25)/t13-/m1/s1. The van der Waals surface area contributed by atoms with Crippen LogP contribution in [0.3, 0.4) is 0 Å². The summed E-state index contributed by atoms with van der Waals surface area (Å²) in [5.41, 5.74) is 0.797. The Hall–Kier alpha value is -2.26. The molecule has 3 heterocycles. The molecular weight excluding hydrogens is 364 g/mol. The molecule has 8 nitrogen and oxygen atoms in total. The summed E-state index contributed by atoms with van der Waals surface area (Å²) in [4.78, 5) is 36.5. The van der Waals surface area contributed by atoms with E-state index in [0.717, 1.165) is 23.8 Å². The highest BCUT2D eigenvalue weighted by atomic mass is 32.1. The first kappa shape index (κ1) is 19.5. The number of aromatic nitrogens is 3. The lowest BCUT2D eigenvalue weighted by Gasteiger charge is -2.30. The van der Waals surface area contributed by atoms with Crippen LogP contribution in [0.5, 0.6) is 0 Å². The zero-order valence-corrected chi connectivity index (χ0v) is 17.2. The van der Waals surface area contributed by atoms with E-state index in [9.17, 15) is 9.59 Å². The zero-order valence-electron chi connectivity index (χ0n) is 16.4. The number of nitrogens with one attached hydrogen (secondary N) is 2. The Bertz CT molecular complexity index is 837. The van der Waals surface area contributed by atoms with Gasteiger partial charge in [0.2, 0.25) is 5.91 Å². The SMILES string of the molecule is CNC(=O)[C@@H](NC(=O)c1nc(-c2nccs2)n2c1CN(C)CC2)C(C)(C)C. The van der Waals surface area contributed by atoms with Crippen LogP contribution in [0.4, 0.5) is 0 Å². The number of carbonyl (C=O) groups is 2. The smallest absolute Gasteiger partial charge is 0.272 e. The summed E-state index contributed by atoms with van der Waals surface area (Å²) in [6.45, 7) is 8.02. The number of hydrogen-bond acceptors (Lipinski definition) is 6. The first-order chi connectivity index (χ1) is 12.7. The van der Waals surface area contributed by atoms with Crippen molar-refractivity contribution in [3.8, 4) is 10.8 Å². The predicted octanol–water partition coefficient (Wildman–Crippen LogP) is 1.34. The molecule has 2 aromatic rings. The molecule has 0 spiro atoms. The molecule has 0 aromatic carbocycles. The maximum absolute atomic E-state index is 13.1. The molecule has 1 aliphatic heterocycles. The topological polar surface area (TPSA) is 92.1 Å². The monoisotopic (exact) mass is 390 g/mol. The van der Waals surface area contributed by atoms with Crippen LogP contribution in [0.1, 0.15) is 37.0 Å². The zero-order chi connectivity index (χ0) is 19.8. The number of fused-ring (bicyclic) bond motifs is 1. The van der Waals surface area contributed by atoms with Crippen molar-refractivity contribution in [3.05, 3.63) is 23.0 Å². The average Bonchev–Trinajstić information content (AvgIpc) is 3.24. The quantitative estimate of drug-likeness (QED) is 0.822. The van der Waals surface area contributed by atoms with E-state index in [4.69, 9.17) is 0 Å². The molecule has 0 saturated heterocycles. The summed E-state index contributed by atoms with van der Waals surface area (Å²) in [6.07, 6.45) is 1.73. The molecule has 0 bridgehead atoms. The molecule has 1 atom stereocenters. The van der Waals surface area contributed by atoms with E-state index in [1.165, 1.54) is 11.3 Å². The van der Waals surface area contributed by atoms with Gasteiger partial charge in [-0.2, -0.15) is 0 Å². The predicted molar refractivity (Wildman–Crippen MR) is 104 cm³/mol. The summed E-state index contributed by atoms with van der Waals surface area (Å²) < 4.78 is 2.07. The van der Waals surface area contributed by atoms with E-state index in [-0.39, 0.29) is 11.8 Å². The van der Waals surface area contributed by atoms with E-state index < -0.39 is 11.5 Å². The van der Waals surface area contributed by atoms with Gasteiger partial charge in [0.25, 0.3) is 5.91 Å². The number of hydrogen-bond donors (Lipinski definition) is 2. The van der Waals surface area contributed by atoms with Crippen molar-refractivity contribution in [1.29, 1.82) is 0 Å². The Morgan fingerprint density at radius 2 is 2.04 bits per heavy atom. The van der Waals surface area contributed by atoms with Crippen LogP contribution in [0.25, 0.3) is 10.8 Å². The summed E-state index contributed by atoms with van der Waals surface area (Å²) in [5.74, 6) is 0.159. The third kappa shape index (κ3) is 3.89. The van der Waals surface area contributed by atoms with Crippen molar-refractivity contribution in [2.24, 2.45) is 5.41 Å². The summed E-state index contributed by atoms with van der Waals surface area (Å²) in [7, 11) is 3.59. The third-order valence-electron chi connectivity index (χ3n) is 4.69. The minimum atomic E-state index is -0.656. The molecule has 0 unspecified atom stereocenters. The van der Waals surface area contributed by atoms with Crippen molar-refractivity contribution in [2.75, 3.05) is 20.6 Å². The lowest BCUT2D eigenvalue weighted by molar-refractivity contribution is -0.124. The second kappa shape index (κ2) is 7.40. The van der Waals surface area contributed by atoms with E-state index in [2.05, 4.69) is 30.1 Å². The Morgan fingerprint density at radius 3 is 2.63 bits per heavy atom. The Kier molecular flexibility index (Phi) is 5.34. The number of thiazole rings is 1. The van der Waals surface area contributed by atoms with Gasteiger partial charge in [0.1, 0.15) is 6.04 Å². The van der Waals surface area contributed by atoms with Gasteiger partial charge in [-0.05, 0) is 12.5 Å². The van der Waals surface area contributed by atoms with Crippen LogP contribution in [-0.2, 0) is 17.9 Å². The van der Waals surface area contributed by atoms with Crippen LogP contribution in [-0.4, -0.2) is 57.9 Å². The van der Waals surface area contributed by atoms with Gasteiger partial charge in [0, 0.05) is 38.3 Å². The van der Waals surface area contributed by atoms with Crippen LogP contribution >= 0.6 is 11.3 Å². The number of carbonyl (C=O) groups excluding carboxylic acids is 2. The lowest BCUT2D eigenvalue weighted by atomic mass is 9.86. The van der Waals surface area contributed by atoms with Crippen molar-refractivity contribution >= 4 is 23.2 Å². The van der Waals surface area contributed by atoms with Crippen molar-refractivity contribution < 1.29 is 9.59 Å². The number of imidazole rings is 1. The molecule has 2 aromatic heterocycles. The fourth-order valence-corrected chi connectivity index (χ4v) is 3.82. The summed E-state index contributed by atoms with van der Waals surface area (Å²) in [6, 6.07) is -0.656. The van der Waals surface area contributed by atoms with Crippen molar-refractivity contribution in [3.63, 3.8) is 0 Å². The molecule has 0 radical (unpaired) electrons. The van der Waals surface area contributed by atoms with E-state index in [0.29, 0.717) is 18.1 Å². The number of likely N-dealkylation sites (N-methyl/N-ethyl adjacent to an activating group) is 2. The molecule has 146 valence electrons. The lowest BCUT2D eigenvalue weighted by Crippen LogP contribution is -2.53. The van der Waals surface area contributed by atoms with Crippen molar-refractivity contribution in [1.82, 2.24) is 30.1 Å². The van der Waals surface area contributed by atoms with Gasteiger partial charge < -0.3 is 15.2 Å². The number of nitrogens with zero attached hydrogens (tertiary/aromatic N) is 4. The normalized spacial score (nSPS) is 15.9. The maximum Gasteiger partial charge on any atom is 0.272 e. The average molecular weight is 391 g/mol. The van der Waals surface area contributed by atoms with E-state index >= 15 is 0 Å². The summed E-state index contributed by atoms with van der Waals surface area (Å²) >= 11 is 1.50. The van der Waals surface area contributed by atoms with Gasteiger partial charge in [-0.15, -0.1) is 11.3 Å². The molecule has 0 saturated carbocycles. The second-order valence-corrected chi connectivity index (χ2v) is 8.74. The highest BCUT2D eigenvalue weighted by Gasteiger charge is 2.35. The van der Waals surface area contributed by atoms with Gasteiger partial charge >= 0.3 is 0 Å². The van der Waals surface area contributed by atoms with Gasteiger partial charge in [-0.1, -0.05) is 20.8 Å². The van der Waals surface area contributed by atoms with Gasteiger partial charge in [0.15, 0.2) is 16.5 Å². The Labute approximate surface area is 163 Å². The molecule has 2 N–H and O–H groups in total. The first-order valence-corrected chi connectivity index (χ1v) is 9.80. The minimum Gasteiger partial charge on any atom is -0.357 e. The van der Waals surface area contributed by atoms with E-state index in [1.807, 2.05) is 33.2 Å². The van der Waals surface area contributed by atoms with Crippen LogP contribution < -0.4 is 10.6 Å². The molecule has 3 rings (SSSR count). The molecular formula is C18H26N6O2S. The van der Waals surface area contributed by atoms with Gasteiger partial charge in [0.05, 0.1) is 5.69 Å². The van der Waals surface area contributed by atoms with Gasteiger partial charge in [-0.25, -0.2) is 9.97 Å². The van der Waals surface area contributed by atoms with Crippen LogP contribution in [0.15, 0.2) is 11.6 Å². The molecule has 0 aliphatic carbocycles. The fourth-order valence-electron chi connectivity index (χ4n) is 3.19. The second-order valence-electron chi connectivity index (χ2n) is 7.84. The number of rotatable bonds is 4. The molecule has 0 fully saturated rings. The van der Waals surface area contributed by atoms with Crippen LogP contribution in [0, 0.1) is 5.41 Å². The fraction of sp³-hybridized carbons (Fsp3) is 0.556. The molecule has 1 aliphatic rings. The third-order valence-corrected chi connectivity index (χ3v) is 5.46. The molecule has 27 heavy (non-hydrogen) atoms. The number of amides is 2. The Morgan fingerprint density at radius 1 is 1.30 bits per heavy atom. The van der Waals surface area contributed by atoms with Crippen molar-refractivity contribution in [2.45, 2.75) is 39.9 Å². The van der Waals surface area contributed by atoms with E-state index in [1.54, 1.807) is 13.2 Å². The minimum absolute atomic E-state index is 0.221. The molecule has 9 heteroatoms. The highest BCUT2D eigenvalue weighted by molar-refractivity contribution is 7.13. The Balaban J connectivity index is 1.98.